The van der Waals surface area contributed by atoms with E-state index >= 15 is 0 Å². The minimum Gasteiger partial charge on any atom is -0.479 e. The van der Waals surface area contributed by atoms with Gasteiger partial charge in [-0.05, 0) is 53.4 Å². The Morgan fingerprint density at radius 1 is 0.970 bits per heavy atom. The number of benzene rings is 3. The van der Waals surface area contributed by atoms with Crippen LogP contribution in [0.3, 0.4) is 0 Å². The fourth-order valence-corrected chi connectivity index (χ4v) is 3.58. The summed E-state index contributed by atoms with van der Waals surface area (Å²) in [5, 5.41) is 31.5. The third-order valence-corrected chi connectivity index (χ3v) is 5.35. The first kappa shape index (κ1) is 23.9. The third-order valence-electron chi connectivity index (χ3n) is 4.98. The number of aliphatic carboxylic acids is 1. The van der Waals surface area contributed by atoms with Gasteiger partial charge in [-0.2, -0.15) is 0 Å². The van der Waals surface area contributed by atoms with E-state index in [9.17, 15) is 34.1 Å². The second kappa shape index (κ2) is 10.2. The average molecular weight is 472 g/mol. The van der Waals surface area contributed by atoms with Gasteiger partial charge in [0.1, 0.15) is 5.82 Å². The highest BCUT2D eigenvalue weighted by atomic mass is 35.5. The van der Waals surface area contributed by atoms with Gasteiger partial charge in [0.15, 0.2) is 6.10 Å². The molecule has 0 aliphatic rings. The lowest BCUT2D eigenvalue weighted by atomic mass is 9.97. The number of halogens is 2. The van der Waals surface area contributed by atoms with Crippen molar-refractivity contribution in [2.24, 2.45) is 0 Å². The highest BCUT2D eigenvalue weighted by Crippen LogP contribution is 2.26. The van der Waals surface area contributed by atoms with E-state index in [4.69, 9.17) is 11.6 Å². The molecule has 3 rings (SSSR count). The van der Waals surface area contributed by atoms with Crippen molar-refractivity contribution >= 4 is 29.4 Å². The summed E-state index contributed by atoms with van der Waals surface area (Å²) < 4.78 is 14.3. The van der Waals surface area contributed by atoms with Crippen molar-refractivity contribution in [1.29, 1.82) is 0 Å². The topological polar surface area (TPSA) is 124 Å². The summed E-state index contributed by atoms with van der Waals surface area (Å²) in [7, 11) is 0. The van der Waals surface area contributed by atoms with Crippen molar-refractivity contribution < 1.29 is 34.1 Å². The number of rotatable bonds is 8. The van der Waals surface area contributed by atoms with Crippen LogP contribution in [0.4, 0.5) is 4.39 Å². The molecule has 0 spiro atoms. The van der Waals surface area contributed by atoms with E-state index in [0.29, 0.717) is 10.6 Å². The number of aliphatic hydroxyl groups is 1. The number of hydrogen-bond acceptors (Lipinski definition) is 4. The summed E-state index contributed by atoms with van der Waals surface area (Å²) in [5.41, 5.74) is 0.607. The SMILES string of the molecule is O=C(N[C@H](Cc1ccccc1Cl)[C@@H](O)C(=O)O)c1cc(F)cc(-c2ccccc2C(=O)O)c1. The summed E-state index contributed by atoms with van der Waals surface area (Å²) in [6.07, 6.45) is -2.05. The van der Waals surface area contributed by atoms with E-state index < -0.39 is 35.8 Å². The van der Waals surface area contributed by atoms with Crippen LogP contribution in [0.1, 0.15) is 26.3 Å². The Labute approximate surface area is 193 Å². The number of aliphatic hydroxyl groups excluding tert-OH is 1. The van der Waals surface area contributed by atoms with Crippen molar-refractivity contribution in [3.63, 3.8) is 0 Å². The first-order valence-corrected chi connectivity index (χ1v) is 10.1. The molecule has 0 saturated carbocycles. The highest BCUT2D eigenvalue weighted by molar-refractivity contribution is 6.31. The van der Waals surface area contributed by atoms with E-state index in [1.807, 2.05) is 0 Å². The molecule has 0 aromatic heterocycles. The van der Waals surface area contributed by atoms with Crippen LogP contribution in [0.2, 0.25) is 5.02 Å². The molecule has 7 nitrogen and oxygen atoms in total. The van der Waals surface area contributed by atoms with E-state index in [-0.39, 0.29) is 28.7 Å². The van der Waals surface area contributed by atoms with Crippen molar-refractivity contribution in [2.45, 2.75) is 18.6 Å². The molecule has 0 aliphatic carbocycles. The third kappa shape index (κ3) is 5.74. The number of amides is 1. The van der Waals surface area contributed by atoms with Crippen LogP contribution in [0.15, 0.2) is 66.7 Å². The molecule has 0 unspecified atom stereocenters. The van der Waals surface area contributed by atoms with E-state index in [2.05, 4.69) is 5.32 Å². The average Bonchev–Trinajstić information content (AvgIpc) is 2.78. The van der Waals surface area contributed by atoms with Gasteiger partial charge in [-0.15, -0.1) is 0 Å². The zero-order valence-corrected chi connectivity index (χ0v) is 17.8. The van der Waals surface area contributed by atoms with Gasteiger partial charge in [0, 0.05) is 10.6 Å². The Hall–Kier alpha value is -3.75. The molecule has 170 valence electrons. The van der Waals surface area contributed by atoms with Crippen LogP contribution in [-0.2, 0) is 11.2 Å². The molecule has 0 saturated heterocycles. The van der Waals surface area contributed by atoms with Crippen molar-refractivity contribution in [2.75, 3.05) is 0 Å². The Bertz CT molecular complexity index is 1220. The number of carbonyl (C=O) groups excluding carboxylic acids is 1. The Kier molecular flexibility index (Phi) is 7.42. The molecule has 0 heterocycles. The van der Waals surface area contributed by atoms with Gasteiger partial charge < -0.3 is 20.6 Å². The number of carboxylic acids is 2. The molecule has 1 amide bonds. The van der Waals surface area contributed by atoms with Crippen LogP contribution in [0.5, 0.6) is 0 Å². The predicted molar refractivity (Wildman–Crippen MR) is 119 cm³/mol. The number of nitrogens with one attached hydrogen (secondary N) is 1. The molecule has 9 heteroatoms. The maximum atomic E-state index is 14.3. The van der Waals surface area contributed by atoms with E-state index in [1.54, 1.807) is 30.3 Å². The van der Waals surface area contributed by atoms with Gasteiger partial charge in [0.05, 0.1) is 11.6 Å². The lowest BCUT2D eigenvalue weighted by molar-refractivity contribution is -0.148. The zero-order chi connectivity index (χ0) is 24.1. The minimum absolute atomic E-state index is 0.0765. The van der Waals surface area contributed by atoms with Crippen LogP contribution in [0, 0.1) is 5.82 Å². The summed E-state index contributed by atoms with van der Waals surface area (Å²) in [6.45, 7) is 0. The second-order valence-electron chi connectivity index (χ2n) is 7.24. The van der Waals surface area contributed by atoms with E-state index in [1.165, 1.54) is 24.3 Å². The molecule has 2 atom stereocenters. The largest absolute Gasteiger partial charge is 0.479 e. The Balaban J connectivity index is 1.94. The normalized spacial score (nSPS) is 12.6. The van der Waals surface area contributed by atoms with Crippen LogP contribution in [0.25, 0.3) is 11.1 Å². The molecule has 3 aromatic rings. The van der Waals surface area contributed by atoms with Gasteiger partial charge in [0.25, 0.3) is 5.91 Å². The maximum Gasteiger partial charge on any atom is 0.336 e. The second-order valence-corrected chi connectivity index (χ2v) is 7.65. The summed E-state index contributed by atoms with van der Waals surface area (Å²) in [6, 6.07) is 14.5. The first-order chi connectivity index (χ1) is 15.7. The standard InChI is InChI=1S/C24H19ClFNO6/c25-19-8-4-1-5-13(19)12-20(21(28)24(32)33)27-22(29)15-9-14(10-16(26)11-15)17-6-2-3-7-18(17)23(30)31/h1-11,20-21,28H,12H2,(H,27,29)(H,30,31)(H,32,33)/t20-,21-/m1/s1. The molecule has 0 fully saturated rings. The fraction of sp³-hybridized carbons (Fsp3) is 0.125. The summed E-state index contributed by atoms with van der Waals surface area (Å²) >= 11 is 6.12. The van der Waals surface area contributed by atoms with Gasteiger partial charge in [0.2, 0.25) is 0 Å². The fourth-order valence-electron chi connectivity index (χ4n) is 3.36. The van der Waals surface area contributed by atoms with Gasteiger partial charge in [-0.1, -0.05) is 48.0 Å². The zero-order valence-electron chi connectivity index (χ0n) is 17.0. The molecule has 4 N–H and O–H groups in total. The molecule has 3 aromatic carbocycles. The predicted octanol–water partition coefficient (Wildman–Crippen LogP) is 3.63. The van der Waals surface area contributed by atoms with Crippen molar-refractivity contribution in [3.8, 4) is 11.1 Å². The van der Waals surface area contributed by atoms with Crippen molar-refractivity contribution in [3.05, 3.63) is 94.3 Å². The molecule has 33 heavy (non-hydrogen) atoms. The number of carboxylic acid groups (broad SMARTS) is 2. The first-order valence-electron chi connectivity index (χ1n) is 9.75. The Morgan fingerprint density at radius 2 is 1.64 bits per heavy atom. The van der Waals surface area contributed by atoms with Gasteiger partial charge in [-0.25, -0.2) is 14.0 Å². The van der Waals surface area contributed by atoms with Crippen LogP contribution in [-0.4, -0.2) is 45.3 Å². The molecular weight excluding hydrogens is 453 g/mol. The molecule has 0 radical (unpaired) electrons. The number of hydrogen-bond donors (Lipinski definition) is 4. The molecule has 0 bridgehead atoms. The summed E-state index contributed by atoms with van der Waals surface area (Å²) in [4.78, 5) is 35.8. The van der Waals surface area contributed by atoms with E-state index in [0.717, 1.165) is 12.1 Å². The van der Waals surface area contributed by atoms with Gasteiger partial charge in [-0.3, -0.25) is 4.79 Å². The maximum absolute atomic E-state index is 14.3. The van der Waals surface area contributed by atoms with Crippen molar-refractivity contribution in [1.82, 2.24) is 5.32 Å². The van der Waals surface area contributed by atoms with Crippen LogP contribution >= 0.6 is 11.6 Å². The highest BCUT2D eigenvalue weighted by Gasteiger charge is 2.29. The molecule has 0 aliphatic heterocycles. The Morgan fingerprint density at radius 3 is 2.30 bits per heavy atom. The summed E-state index contributed by atoms with van der Waals surface area (Å²) in [5.74, 6) is -4.41. The quantitative estimate of drug-likeness (QED) is 0.397. The van der Waals surface area contributed by atoms with Crippen LogP contribution < -0.4 is 5.32 Å². The minimum atomic E-state index is -1.95. The lowest BCUT2D eigenvalue weighted by Crippen LogP contribution is -2.48. The monoisotopic (exact) mass is 471 g/mol. The molecular formula is C24H19ClFNO6. The number of aromatic carboxylic acids is 1. The smallest absolute Gasteiger partial charge is 0.336 e. The lowest BCUT2D eigenvalue weighted by Gasteiger charge is -2.22. The number of carbonyl (C=O) groups is 3. The van der Waals surface area contributed by atoms with Gasteiger partial charge >= 0.3 is 11.9 Å².